The number of esters is 1. The predicted octanol–water partition coefficient (Wildman–Crippen LogP) is 3.83. The molecule has 0 aliphatic carbocycles. The molecule has 1 N–H and O–H groups in total. The molecule has 1 aromatic heterocycles. The Labute approximate surface area is 147 Å². The smallest absolute Gasteiger partial charge is 0.323 e. The number of H-pyrrole nitrogens is 1. The van der Waals surface area contributed by atoms with Gasteiger partial charge in [-0.25, -0.2) is 0 Å². The third-order valence-corrected chi connectivity index (χ3v) is 5.24. The molecule has 0 bridgehead atoms. The molecule has 0 spiro atoms. The Morgan fingerprint density at radius 2 is 1.88 bits per heavy atom. The van der Waals surface area contributed by atoms with Gasteiger partial charge in [0.15, 0.2) is 0 Å². The molecule has 4 heteroatoms. The zero-order chi connectivity index (χ0) is 17.4. The number of aromatic amines is 1. The van der Waals surface area contributed by atoms with E-state index in [9.17, 15) is 4.79 Å². The molecule has 128 valence electrons. The van der Waals surface area contributed by atoms with Gasteiger partial charge in [-0.05, 0) is 24.1 Å². The number of benzene rings is 2. The van der Waals surface area contributed by atoms with E-state index in [1.54, 1.807) is 0 Å². The van der Waals surface area contributed by atoms with Crippen LogP contribution in [0.3, 0.4) is 0 Å². The summed E-state index contributed by atoms with van der Waals surface area (Å²) in [5, 5.41) is 1.21. The fraction of sp³-hybridized carbons (Fsp3) is 0.286. The molecule has 0 saturated heterocycles. The molecule has 2 aromatic carbocycles. The van der Waals surface area contributed by atoms with Crippen LogP contribution in [0, 0.1) is 0 Å². The fourth-order valence-electron chi connectivity index (χ4n) is 3.94. The molecule has 0 fully saturated rings. The Morgan fingerprint density at radius 3 is 2.64 bits per heavy atom. The van der Waals surface area contributed by atoms with Crippen molar-refractivity contribution in [2.75, 3.05) is 7.11 Å². The first-order valence-corrected chi connectivity index (χ1v) is 8.66. The topological polar surface area (TPSA) is 45.3 Å². The number of fused-ring (bicyclic) bond motifs is 3. The molecule has 1 aliphatic heterocycles. The summed E-state index contributed by atoms with van der Waals surface area (Å²) in [6.07, 6.45) is 0.670. The highest BCUT2D eigenvalue weighted by Gasteiger charge is 2.38. The molecule has 0 amide bonds. The number of hydrogen-bond acceptors (Lipinski definition) is 3. The van der Waals surface area contributed by atoms with Gasteiger partial charge < -0.3 is 9.72 Å². The average Bonchev–Trinajstić information content (AvgIpc) is 3.03. The highest BCUT2D eigenvalue weighted by molar-refractivity contribution is 5.87. The van der Waals surface area contributed by atoms with E-state index in [4.69, 9.17) is 4.74 Å². The summed E-state index contributed by atoms with van der Waals surface area (Å²) in [7, 11) is 1.47. The van der Waals surface area contributed by atoms with Crippen LogP contribution in [-0.4, -0.2) is 29.0 Å². The lowest BCUT2D eigenvalue weighted by Crippen LogP contribution is -2.47. The van der Waals surface area contributed by atoms with Gasteiger partial charge >= 0.3 is 5.97 Å². The van der Waals surface area contributed by atoms with Gasteiger partial charge in [0.25, 0.3) is 0 Å². The number of para-hydroxylation sites is 1. The summed E-state index contributed by atoms with van der Waals surface area (Å²) in [5.41, 5.74) is 4.77. The summed E-state index contributed by atoms with van der Waals surface area (Å²) < 4.78 is 5.12. The summed E-state index contributed by atoms with van der Waals surface area (Å²) in [6, 6.07) is 18.4. The van der Waals surface area contributed by atoms with Crippen molar-refractivity contribution in [3.63, 3.8) is 0 Å². The van der Waals surface area contributed by atoms with Crippen LogP contribution in [0.4, 0.5) is 0 Å². The first kappa shape index (κ1) is 15.9. The Bertz CT molecular complexity index is 901. The second kappa shape index (κ2) is 6.37. The van der Waals surface area contributed by atoms with E-state index in [0.29, 0.717) is 6.42 Å². The van der Waals surface area contributed by atoms with Crippen molar-refractivity contribution in [2.45, 2.75) is 32.0 Å². The highest BCUT2D eigenvalue weighted by atomic mass is 16.5. The zero-order valence-corrected chi connectivity index (χ0v) is 14.5. The van der Waals surface area contributed by atoms with E-state index in [1.165, 1.54) is 29.3 Å². The molecule has 0 saturated carbocycles. The third-order valence-electron chi connectivity index (χ3n) is 5.24. The average molecular weight is 334 g/mol. The SMILES string of the molecule is COC(=O)[C@H]1Cc2c([nH]c3ccccc23)[C@@H](C)N1Cc1ccccc1. The third kappa shape index (κ3) is 2.72. The molecule has 4 rings (SSSR count). The summed E-state index contributed by atoms with van der Waals surface area (Å²) in [6.45, 7) is 2.88. The maximum absolute atomic E-state index is 12.5. The van der Waals surface area contributed by atoms with Gasteiger partial charge in [0.1, 0.15) is 6.04 Å². The molecular formula is C21H22N2O2. The minimum Gasteiger partial charge on any atom is -0.468 e. The van der Waals surface area contributed by atoms with E-state index >= 15 is 0 Å². The lowest BCUT2D eigenvalue weighted by molar-refractivity contribution is -0.148. The number of carbonyl (C=O) groups is 1. The number of nitrogens with one attached hydrogen (secondary N) is 1. The first-order valence-electron chi connectivity index (χ1n) is 8.66. The number of methoxy groups -OCH3 is 1. The number of carbonyl (C=O) groups excluding carboxylic acids is 1. The largest absolute Gasteiger partial charge is 0.468 e. The van der Waals surface area contributed by atoms with E-state index in [-0.39, 0.29) is 18.1 Å². The van der Waals surface area contributed by atoms with E-state index in [1.807, 2.05) is 30.3 Å². The predicted molar refractivity (Wildman–Crippen MR) is 98.2 cm³/mol. The number of ether oxygens (including phenoxy) is 1. The second-order valence-electron chi connectivity index (χ2n) is 6.64. The number of hydrogen-bond donors (Lipinski definition) is 1. The maximum Gasteiger partial charge on any atom is 0.323 e. The van der Waals surface area contributed by atoms with Crippen molar-refractivity contribution in [1.29, 1.82) is 0 Å². The van der Waals surface area contributed by atoms with Crippen molar-refractivity contribution in [1.82, 2.24) is 9.88 Å². The summed E-state index contributed by atoms with van der Waals surface area (Å²) in [5.74, 6) is -0.168. The molecule has 1 aliphatic rings. The Morgan fingerprint density at radius 1 is 1.16 bits per heavy atom. The summed E-state index contributed by atoms with van der Waals surface area (Å²) >= 11 is 0. The van der Waals surface area contributed by atoms with Crippen molar-refractivity contribution in [3.05, 3.63) is 71.4 Å². The van der Waals surface area contributed by atoms with Gasteiger partial charge in [-0.1, -0.05) is 48.5 Å². The lowest BCUT2D eigenvalue weighted by Gasteiger charge is -2.39. The molecule has 2 atom stereocenters. The number of nitrogens with zero attached hydrogens (tertiary/aromatic N) is 1. The van der Waals surface area contributed by atoms with Gasteiger partial charge in [-0.2, -0.15) is 0 Å². The van der Waals surface area contributed by atoms with E-state index < -0.39 is 0 Å². The lowest BCUT2D eigenvalue weighted by atomic mass is 9.91. The molecule has 0 unspecified atom stereocenters. The van der Waals surface area contributed by atoms with E-state index in [2.05, 4.69) is 41.1 Å². The Hall–Kier alpha value is -2.59. The minimum absolute atomic E-state index is 0.112. The number of aromatic nitrogens is 1. The Kier molecular flexibility index (Phi) is 4.06. The maximum atomic E-state index is 12.5. The standard InChI is InChI=1S/C21H22N2O2/c1-14-20-17(16-10-6-7-11-18(16)22-20)12-19(21(24)25-2)23(14)13-15-8-4-3-5-9-15/h3-11,14,19,22H,12-13H2,1-2H3/t14-,19-/m1/s1. The molecule has 0 radical (unpaired) electrons. The second-order valence-corrected chi connectivity index (χ2v) is 6.64. The first-order chi connectivity index (χ1) is 12.2. The van der Waals surface area contributed by atoms with Crippen LogP contribution in [0.2, 0.25) is 0 Å². The van der Waals surface area contributed by atoms with Crippen molar-refractivity contribution < 1.29 is 9.53 Å². The molecule has 25 heavy (non-hydrogen) atoms. The van der Waals surface area contributed by atoms with Gasteiger partial charge in [0, 0.05) is 35.6 Å². The summed E-state index contributed by atoms with van der Waals surface area (Å²) in [4.78, 5) is 18.3. The van der Waals surface area contributed by atoms with Crippen molar-refractivity contribution in [3.8, 4) is 0 Å². The van der Waals surface area contributed by atoms with Gasteiger partial charge in [-0.3, -0.25) is 9.69 Å². The van der Waals surface area contributed by atoms with E-state index in [0.717, 1.165) is 12.1 Å². The van der Waals surface area contributed by atoms with Crippen LogP contribution in [-0.2, 0) is 22.5 Å². The fourth-order valence-corrected chi connectivity index (χ4v) is 3.94. The van der Waals surface area contributed by atoms with Gasteiger partial charge in [-0.15, -0.1) is 0 Å². The van der Waals surface area contributed by atoms with Crippen molar-refractivity contribution >= 4 is 16.9 Å². The quantitative estimate of drug-likeness (QED) is 0.741. The van der Waals surface area contributed by atoms with Crippen LogP contribution in [0.5, 0.6) is 0 Å². The Balaban J connectivity index is 1.78. The van der Waals surface area contributed by atoms with Crippen LogP contribution in [0.15, 0.2) is 54.6 Å². The normalized spacial score (nSPS) is 20.4. The van der Waals surface area contributed by atoms with Gasteiger partial charge in [0.05, 0.1) is 7.11 Å². The molecular weight excluding hydrogens is 312 g/mol. The minimum atomic E-state index is -0.271. The van der Waals surface area contributed by atoms with Crippen molar-refractivity contribution in [2.24, 2.45) is 0 Å². The number of rotatable bonds is 3. The molecule has 2 heterocycles. The highest BCUT2D eigenvalue weighted by Crippen LogP contribution is 2.38. The van der Waals surface area contributed by atoms with Crippen LogP contribution < -0.4 is 0 Å². The molecule has 3 aromatic rings. The van der Waals surface area contributed by atoms with Crippen LogP contribution in [0.25, 0.3) is 10.9 Å². The zero-order valence-electron chi connectivity index (χ0n) is 14.5. The van der Waals surface area contributed by atoms with Crippen LogP contribution in [0.1, 0.15) is 29.8 Å². The van der Waals surface area contributed by atoms with Crippen LogP contribution >= 0.6 is 0 Å². The monoisotopic (exact) mass is 334 g/mol. The molecule has 4 nitrogen and oxygen atoms in total. The van der Waals surface area contributed by atoms with Gasteiger partial charge in [0.2, 0.25) is 0 Å².